The van der Waals surface area contributed by atoms with Gasteiger partial charge in [-0.1, -0.05) is 30.7 Å². The maximum Gasteiger partial charge on any atom is 0.410 e. The fraction of sp³-hybridized carbons (Fsp3) is 0.719. The van der Waals surface area contributed by atoms with Crippen LogP contribution in [0.25, 0.3) is 0 Å². The molecule has 0 aromatic heterocycles. The lowest BCUT2D eigenvalue weighted by Gasteiger charge is -2.39. The Hall–Kier alpha value is -2.77. The summed E-state index contributed by atoms with van der Waals surface area (Å²) in [5, 5.41) is 13.8. The Bertz CT molecular complexity index is 1100. The molecule has 12 heteroatoms. The molecule has 0 bridgehead atoms. The van der Waals surface area contributed by atoms with Crippen LogP contribution < -0.4 is 5.32 Å². The van der Waals surface area contributed by atoms with Crippen LogP contribution >= 0.6 is 0 Å². The van der Waals surface area contributed by atoms with Crippen LogP contribution in [0.5, 0.6) is 0 Å². The highest BCUT2D eigenvalue weighted by atomic mass is 16.6. The Morgan fingerprint density at radius 3 is 2.57 bits per heavy atom. The number of morpholine rings is 1. The van der Waals surface area contributed by atoms with E-state index in [1.54, 1.807) is 17.9 Å². The van der Waals surface area contributed by atoms with Crippen molar-refractivity contribution in [2.24, 2.45) is 5.92 Å². The molecule has 0 aliphatic carbocycles. The molecule has 44 heavy (non-hydrogen) atoms. The average molecular weight is 621 g/mol. The zero-order valence-corrected chi connectivity index (χ0v) is 26.4. The summed E-state index contributed by atoms with van der Waals surface area (Å²) >= 11 is 0. The number of esters is 1. The van der Waals surface area contributed by atoms with E-state index < -0.39 is 30.0 Å². The van der Waals surface area contributed by atoms with Gasteiger partial charge in [-0.2, -0.15) is 0 Å². The van der Waals surface area contributed by atoms with Crippen LogP contribution in [0.1, 0.15) is 53.4 Å². The van der Waals surface area contributed by atoms with Crippen molar-refractivity contribution in [2.45, 2.75) is 102 Å². The Balaban J connectivity index is 1.22. The summed E-state index contributed by atoms with van der Waals surface area (Å²) in [6.45, 7) is 10.2. The first-order valence-corrected chi connectivity index (χ1v) is 15.6. The van der Waals surface area contributed by atoms with Gasteiger partial charge in [0.15, 0.2) is 0 Å². The Morgan fingerprint density at radius 1 is 1.16 bits per heavy atom. The highest BCUT2D eigenvalue weighted by Gasteiger charge is 2.58. The Kier molecular flexibility index (Phi) is 12.0. The molecule has 4 rings (SSSR count). The third kappa shape index (κ3) is 9.37. The largest absolute Gasteiger partial charge is 0.469 e. The average Bonchev–Trinajstić information content (AvgIpc) is 3.78. The van der Waals surface area contributed by atoms with E-state index in [4.69, 9.17) is 28.4 Å². The fourth-order valence-electron chi connectivity index (χ4n) is 5.87. The van der Waals surface area contributed by atoms with Crippen molar-refractivity contribution in [3.8, 4) is 0 Å². The summed E-state index contributed by atoms with van der Waals surface area (Å²) in [6, 6.07) is -0.144. The van der Waals surface area contributed by atoms with Gasteiger partial charge < -0.3 is 43.7 Å². The van der Waals surface area contributed by atoms with Gasteiger partial charge in [0.1, 0.15) is 23.9 Å². The number of nitrogens with zero attached hydrogens (tertiary/aromatic N) is 1. The number of carbonyl (C=O) groups excluding carboxylic acids is 3. The lowest BCUT2D eigenvalue weighted by atomic mass is 9.87. The molecule has 4 heterocycles. The zero-order chi connectivity index (χ0) is 31.9. The highest BCUT2D eigenvalue weighted by molar-refractivity contribution is 5.87. The van der Waals surface area contributed by atoms with Crippen molar-refractivity contribution in [1.82, 2.24) is 10.2 Å². The monoisotopic (exact) mass is 620 g/mol. The van der Waals surface area contributed by atoms with E-state index in [-0.39, 0.29) is 48.6 Å². The van der Waals surface area contributed by atoms with Gasteiger partial charge in [0.2, 0.25) is 5.91 Å². The van der Waals surface area contributed by atoms with Crippen LogP contribution in [-0.2, 0) is 38.0 Å². The minimum atomic E-state index is -0.807. The minimum absolute atomic E-state index is 0.0132. The van der Waals surface area contributed by atoms with Crippen LogP contribution in [0.4, 0.5) is 4.79 Å². The van der Waals surface area contributed by atoms with E-state index in [1.807, 2.05) is 26.0 Å². The number of methoxy groups -OCH3 is 1. The molecule has 2 amide bonds. The molecule has 0 saturated carbocycles. The van der Waals surface area contributed by atoms with Crippen LogP contribution in [0.2, 0.25) is 0 Å². The van der Waals surface area contributed by atoms with Crippen molar-refractivity contribution >= 4 is 18.0 Å². The number of nitrogens with one attached hydrogen (secondary N) is 1. The number of aliphatic hydroxyl groups is 1. The van der Waals surface area contributed by atoms with Crippen molar-refractivity contribution in [3.05, 3.63) is 36.0 Å². The van der Waals surface area contributed by atoms with E-state index in [0.717, 1.165) is 12.0 Å². The van der Waals surface area contributed by atoms with Gasteiger partial charge in [-0.25, -0.2) is 4.79 Å². The molecule has 4 aliphatic rings. The van der Waals surface area contributed by atoms with Gasteiger partial charge in [-0.05, 0) is 45.6 Å². The summed E-state index contributed by atoms with van der Waals surface area (Å²) in [5.74, 6) is -0.408. The van der Waals surface area contributed by atoms with Gasteiger partial charge >= 0.3 is 12.1 Å². The molecular weight excluding hydrogens is 572 g/mol. The maximum absolute atomic E-state index is 12.6. The lowest BCUT2D eigenvalue weighted by Crippen LogP contribution is -2.50. The number of allylic oxidation sites excluding steroid dienone is 2. The molecule has 1 unspecified atom stereocenters. The van der Waals surface area contributed by atoms with Crippen LogP contribution in [0, 0.1) is 5.92 Å². The van der Waals surface area contributed by atoms with Gasteiger partial charge in [0.25, 0.3) is 0 Å². The van der Waals surface area contributed by atoms with E-state index in [0.29, 0.717) is 45.8 Å². The Labute approximate surface area is 259 Å². The summed E-state index contributed by atoms with van der Waals surface area (Å²) in [4.78, 5) is 38.2. The van der Waals surface area contributed by atoms with Crippen LogP contribution in [0.3, 0.4) is 0 Å². The molecule has 1 spiro atoms. The van der Waals surface area contributed by atoms with E-state index in [1.165, 1.54) is 13.2 Å². The molecule has 9 atom stereocenters. The first-order valence-electron chi connectivity index (χ1n) is 15.6. The number of hydrogen-bond donors (Lipinski definition) is 2. The van der Waals surface area contributed by atoms with Gasteiger partial charge in [0.05, 0.1) is 57.7 Å². The molecule has 4 aliphatic heterocycles. The van der Waals surface area contributed by atoms with Crippen LogP contribution in [0.15, 0.2) is 36.0 Å². The minimum Gasteiger partial charge on any atom is -0.469 e. The van der Waals surface area contributed by atoms with Crippen molar-refractivity contribution in [2.75, 3.05) is 40.0 Å². The standard InChI is InChI=1S/C32H48N2O10/c1-20(7-10-27-30(37)32(19-41-32)18-24(44-27)17-29(36)39-5)6-9-26-21(2)16-25(23(4)43-26)33-28(35)11-8-22(3)42-31(38)34-12-14-40-15-13-34/h6-8,10-11,21-27,30,37H,9,12-19H2,1-5H3,(H,33,35)/b10-7+,11-8-,20-6+/t21-,22-,23+,24+,25+,26-,27?,30+,32+/m0/s1. The van der Waals surface area contributed by atoms with Crippen LogP contribution in [-0.4, -0.2) is 116 Å². The normalized spacial score (nSPS) is 35.1. The quantitative estimate of drug-likeness (QED) is 0.162. The summed E-state index contributed by atoms with van der Waals surface area (Å²) in [5.41, 5.74) is 0.343. The molecule has 0 aromatic rings. The molecule has 12 nitrogen and oxygen atoms in total. The summed E-state index contributed by atoms with van der Waals surface area (Å²) < 4.78 is 33.3. The van der Waals surface area contributed by atoms with E-state index >= 15 is 0 Å². The van der Waals surface area contributed by atoms with Crippen molar-refractivity contribution in [1.29, 1.82) is 0 Å². The zero-order valence-electron chi connectivity index (χ0n) is 26.4. The SMILES string of the molecule is COC(=O)C[C@@H]1C[C@@]2(CO2)[C@H](O)C(/C=C/C(C)=C/C[C@@H]2O[C@H](C)[C@H](NC(=O)/C=C\[C@H](C)OC(=O)N3CCOCC3)C[C@@H]2C)O1. The predicted octanol–water partition coefficient (Wildman–Crippen LogP) is 2.44. The molecule has 4 fully saturated rings. The smallest absolute Gasteiger partial charge is 0.410 e. The second-order valence-corrected chi connectivity index (χ2v) is 12.3. The maximum atomic E-state index is 12.6. The third-order valence-corrected chi connectivity index (χ3v) is 8.75. The van der Waals surface area contributed by atoms with Crippen molar-refractivity contribution < 1.29 is 47.9 Å². The van der Waals surface area contributed by atoms with Gasteiger partial charge in [-0.3, -0.25) is 9.59 Å². The number of hydrogen-bond acceptors (Lipinski definition) is 10. The first kappa shape index (κ1) is 34.1. The molecule has 4 saturated heterocycles. The number of epoxide rings is 1. The molecular formula is C32H48N2O10. The number of aliphatic hydroxyl groups excluding tert-OH is 1. The number of ether oxygens (including phenoxy) is 6. The first-order chi connectivity index (χ1) is 21.0. The van der Waals surface area contributed by atoms with E-state index in [9.17, 15) is 19.5 Å². The number of carbonyl (C=O) groups is 3. The molecule has 0 radical (unpaired) electrons. The number of amides is 2. The summed E-state index contributed by atoms with van der Waals surface area (Å²) in [7, 11) is 1.35. The molecule has 0 aromatic carbocycles. The van der Waals surface area contributed by atoms with E-state index in [2.05, 4.69) is 18.3 Å². The predicted molar refractivity (Wildman–Crippen MR) is 160 cm³/mol. The van der Waals surface area contributed by atoms with Gasteiger partial charge in [-0.15, -0.1) is 0 Å². The topological polar surface area (TPSA) is 145 Å². The molecule has 2 N–H and O–H groups in total. The lowest BCUT2D eigenvalue weighted by molar-refractivity contribution is -0.157. The fourth-order valence-corrected chi connectivity index (χ4v) is 5.87. The second-order valence-electron chi connectivity index (χ2n) is 12.3. The molecule has 246 valence electrons. The highest BCUT2D eigenvalue weighted by Crippen LogP contribution is 2.43. The van der Waals surface area contributed by atoms with Crippen molar-refractivity contribution in [3.63, 3.8) is 0 Å². The van der Waals surface area contributed by atoms with Gasteiger partial charge in [0, 0.05) is 25.6 Å². The summed E-state index contributed by atoms with van der Waals surface area (Å²) in [6.07, 6.45) is 7.91. The third-order valence-electron chi connectivity index (χ3n) is 8.75. The Morgan fingerprint density at radius 2 is 1.89 bits per heavy atom. The second kappa shape index (κ2) is 15.5. The number of rotatable bonds is 10.